The minimum absolute atomic E-state index is 0.376. The molecule has 1 aliphatic rings. The Morgan fingerprint density at radius 3 is 2.65 bits per heavy atom. The van der Waals surface area contributed by atoms with Gasteiger partial charge in [0.15, 0.2) is 0 Å². The summed E-state index contributed by atoms with van der Waals surface area (Å²) in [6.07, 6.45) is 0. The first-order valence-corrected chi connectivity index (χ1v) is 11.9. The van der Waals surface area contributed by atoms with Crippen LogP contribution in [0.2, 0.25) is 0 Å². The Bertz CT molecular complexity index is 1120. The van der Waals surface area contributed by atoms with Gasteiger partial charge >= 0.3 is 0 Å². The molecule has 1 aliphatic heterocycles. The summed E-state index contributed by atoms with van der Waals surface area (Å²) in [4.78, 5) is 3.55. The van der Waals surface area contributed by atoms with Crippen molar-refractivity contribution in [2.45, 2.75) is 16.0 Å². The summed E-state index contributed by atoms with van der Waals surface area (Å²) in [5, 5.41) is 9.04. The van der Waals surface area contributed by atoms with Gasteiger partial charge in [-0.3, -0.25) is 4.31 Å². The van der Waals surface area contributed by atoms with E-state index in [4.69, 9.17) is 5.26 Å². The van der Waals surface area contributed by atoms with Crippen molar-refractivity contribution in [3.05, 3.63) is 52.2 Å². The van der Waals surface area contributed by atoms with Crippen LogP contribution in [0.15, 0.2) is 51.6 Å². The largest absolute Gasteiger partial charge is 0.273 e. The second kappa shape index (κ2) is 6.74. The highest BCUT2D eigenvalue weighted by molar-refractivity contribution is 8.00. The summed E-state index contributed by atoms with van der Waals surface area (Å²) in [6, 6.07) is 15.2. The molecular formula is C18H14N2O2S4. The molecule has 0 radical (unpaired) electrons. The van der Waals surface area contributed by atoms with Gasteiger partial charge in [-0.15, -0.1) is 34.4 Å². The van der Waals surface area contributed by atoms with Gasteiger partial charge in [-0.25, -0.2) is 8.42 Å². The highest BCUT2D eigenvalue weighted by Crippen LogP contribution is 2.41. The van der Waals surface area contributed by atoms with Gasteiger partial charge in [0.25, 0.3) is 10.0 Å². The summed E-state index contributed by atoms with van der Waals surface area (Å²) in [7, 11) is -3.56. The molecule has 4 nitrogen and oxygen atoms in total. The Morgan fingerprint density at radius 2 is 1.96 bits per heavy atom. The number of benzene rings is 1. The topological polar surface area (TPSA) is 61.2 Å². The maximum atomic E-state index is 13.1. The van der Waals surface area contributed by atoms with Crippen molar-refractivity contribution in [1.29, 1.82) is 5.26 Å². The van der Waals surface area contributed by atoms with Crippen molar-refractivity contribution in [3.8, 4) is 16.5 Å². The van der Waals surface area contributed by atoms with E-state index >= 15 is 0 Å². The molecule has 2 aromatic heterocycles. The van der Waals surface area contributed by atoms with Crippen molar-refractivity contribution in [2.75, 3.05) is 16.6 Å². The third-order valence-corrected chi connectivity index (χ3v) is 9.40. The smallest absolute Gasteiger partial charge is 0.264 e. The molecule has 0 spiro atoms. The van der Waals surface area contributed by atoms with E-state index in [2.05, 4.69) is 6.07 Å². The number of thioether (sulfide) groups is 1. The van der Waals surface area contributed by atoms with Crippen LogP contribution in [0.4, 0.5) is 5.69 Å². The zero-order valence-electron chi connectivity index (χ0n) is 13.8. The second-order valence-corrected chi connectivity index (χ2v) is 11.3. The lowest BCUT2D eigenvalue weighted by Gasteiger charge is -2.30. The van der Waals surface area contributed by atoms with Crippen LogP contribution in [-0.2, 0) is 10.0 Å². The van der Waals surface area contributed by atoms with Gasteiger partial charge in [-0.05, 0) is 48.9 Å². The van der Waals surface area contributed by atoms with Gasteiger partial charge in [0.1, 0.15) is 15.2 Å². The van der Waals surface area contributed by atoms with Crippen LogP contribution < -0.4 is 4.31 Å². The van der Waals surface area contributed by atoms with Gasteiger partial charge in [0.2, 0.25) is 0 Å². The Labute approximate surface area is 164 Å². The third kappa shape index (κ3) is 3.05. The van der Waals surface area contributed by atoms with E-state index in [1.165, 1.54) is 27.0 Å². The quantitative estimate of drug-likeness (QED) is 0.603. The van der Waals surface area contributed by atoms with Crippen molar-refractivity contribution in [1.82, 2.24) is 0 Å². The first kappa shape index (κ1) is 17.6. The number of anilines is 1. The number of nitriles is 1. The summed E-state index contributed by atoms with van der Waals surface area (Å²) in [6.45, 7) is 2.36. The molecule has 0 saturated carbocycles. The van der Waals surface area contributed by atoms with Crippen LogP contribution in [-0.4, -0.2) is 20.7 Å². The van der Waals surface area contributed by atoms with E-state index in [0.717, 1.165) is 31.7 Å². The van der Waals surface area contributed by atoms with Crippen molar-refractivity contribution in [2.24, 2.45) is 0 Å². The molecule has 0 bridgehead atoms. The first-order chi connectivity index (χ1) is 12.5. The van der Waals surface area contributed by atoms with E-state index in [1.54, 1.807) is 23.9 Å². The Balaban J connectivity index is 1.80. The molecule has 3 aromatic rings. The monoisotopic (exact) mass is 418 g/mol. The van der Waals surface area contributed by atoms with Gasteiger partial charge in [0, 0.05) is 26.9 Å². The molecule has 0 saturated heterocycles. The predicted octanol–water partition coefficient (Wildman–Crippen LogP) is 4.96. The zero-order chi connectivity index (χ0) is 18.3. The molecule has 0 aliphatic carbocycles. The lowest BCUT2D eigenvalue weighted by atomic mass is 10.1. The van der Waals surface area contributed by atoms with E-state index in [-0.39, 0.29) is 0 Å². The Hall–Kier alpha value is -1.79. The highest BCUT2D eigenvalue weighted by atomic mass is 32.2. The number of rotatable bonds is 3. The maximum absolute atomic E-state index is 13.1. The summed E-state index contributed by atoms with van der Waals surface area (Å²) in [5.74, 6) is 0.730. The molecule has 3 heterocycles. The van der Waals surface area contributed by atoms with Crippen molar-refractivity contribution < 1.29 is 8.42 Å². The minimum Gasteiger partial charge on any atom is -0.264 e. The maximum Gasteiger partial charge on any atom is 0.273 e. The van der Waals surface area contributed by atoms with Gasteiger partial charge in [0.05, 0.1) is 5.69 Å². The Morgan fingerprint density at radius 1 is 1.12 bits per heavy atom. The van der Waals surface area contributed by atoms with Crippen LogP contribution in [0.3, 0.4) is 0 Å². The van der Waals surface area contributed by atoms with Crippen LogP contribution >= 0.6 is 34.4 Å². The number of aryl methyl sites for hydroxylation is 1. The molecule has 0 N–H and O–H groups in total. The summed E-state index contributed by atoms with van der Waals surface area (Å²) >= 11 is 4.38. The average molecular weight is 419 g/mol. The molecule has 132 valence electrons. The molecular weight excluding hydrogens is 404 g/mol. The average Bonchev–Trinajstić information content (AvgIpc) is 3.30. The fourth-order valence-electron chi connectivity index (χ4n) is 2.81. The number of sulfonamides is 1. The lowest BCUT2D eigenvalue weighted by Crippen LogP contribution is -2.35. The normalized spacial score (nSPS) is 14.1. The van der Waals surface area contributed by atoms with E-state index < -0.39 is 10.0 Å². The number of fused-ring (bicyclic) bond motifs is 1. The summed E-state index contributed by atoms with van der Waals surface area (Å²) < 4.78 is 28.2. The molecule has 1 aromatic carbocycles. The lowest BCUT2D eigenvalue weighted by molar-refractivity contribution is 0.593. The van der Waals surface area contributed by atoms with Gasteiger partial charge in [-0.1, -0.05) is 6.07 Å². The van der Waals surface area contributed by atoms with E-state index in [9.17, 15) is 8.42 Å². The van der Waals surface area contributed by atoms with Crippen LogP contribution in [0, 0.1) is 18.3 Å². The SMILES string of the molecule is Cc1ccc(S(=O)(=O)N2CCSc3ccc(-c4ccc(C#N)s4)cc32)s1. The molecule has 0 fully saturated rings. The van der Waals surface area contributed by atoms with Crippen LogP contribution in [0.25, 0.3) is 10.4 Å². The number of thiophene rings is 2. The fraction of sp³-hybridized carbons (Fsp3) is 0.167. The van der Waals surface area contributed by atoms with Crippen molar-refractivity contribution in [3.63, 3.8) is 0 Å². The molecule has 26 heavy (non-hydrogen) atoms. The zero-order valence-corrected chi connectivity index (χ0v) is 17.1. The molecule has 0 atom stereocenters. The standard InChI is InChI=1S/C18H14N2O2S4/c1-12-2-7-18(24-12)26(21,22)20-8-9-23-17-5-3-13(10-15(17)20)16-6-4-14(11-19)25-16/h2-7,10H,8-9H2,1H3. The fourth-order valence-corrected chi connectivity index (χ4v) is 7.63. The first-order valence-electron chi connectivity index (χ1n) is 7.85. The van der Waals surface area contributed by atoms with Crippen molar-refractivity contribution >= 4 is 50.1 Å². The minimum atomic E-state index is -3.56. The van der Waals surface area contributed by atoms with Gasteiger partial charge in [-0.2, -0.15) is 5.26 Å². The van der Waals surface area contributed by atoms with Crippen LogP contribution in [0.1, 0.15) is 9.75 Å². The highest BCUT2D eigenvalue weighted by Gasteiger charge is 2.30. The number of hydrogen-bond donors (Lipinski definition) is 0. The molecule has 0 unspecified atom stereocenters. The van der Waals surface area contributed by atoms with E-state index in [0.29, 0.717) is 15.6 Å². The Kier molecular flexibility index (Phi) is 4.57. The van der Waals surface area contributed by atoms with Crippen LogP contribution in [0.5, 0.6) is 0 Å². The van der Waals surface area contributed by atoms with Gasteiger partial charge < -0.3 is 0 Å². The number of hydrogen-bond acceptors (Lipinski definition) is 6. The summed E-state index contributed by atoms with van der Waals surface area (Å²) in [5.41, 5.74) is 1.65. The predicted molar refractivity (Wildman–Crippen MR) is 109 cm³/mol. The third-order valence-electron chi connectivity index (χ3n) is 4.04. The molecule has 8 heteroatoms. The second-order valence-electron chi connectivity index (χ2n) is 5.75. The molecule has 0 amide bonds. The number of nitrogens with zero attached hydrogens (tertiary/aromatic N) is 2. The van der Waals surface area contributed by atoms with E-state index in [1.807, 2.05) is 37.3 Å². The molecule has 4 rings (SSSR count).